The number of ether oxygens (including phenoxy) is 13. The van der Waals surface area contributed by atoms with Crippen LogP contribution in [0, 0.1) is 5.92 Å². The van der Waals surface area contributed by atoms with E-state index >= 15 is 0 Å². The molecule has 0 radical (unpaired) electrons. The molecule has 4 saturated heterocycles. The van der Waals surface area contributed by atoms with E-state index in [1.807, 2.05) is 6.92 Å². The Kier molecular flexibility index (Phi) is 40.3. The summed E-state index contributed by atoms with van der Waals surface area (Å²) in [6.07, 6.45) is 19.2. The van der Waals surface area contributed by atoms with Gasteiger partial charge in [-0.2, -0.15) is 0 Å². The van der Waals surface area contributed by atoms with Gasteiger partial charge in [0.2, 0.25) is 0 Å². The molecule has 18 nitrogen and oxygen atoms in total. The standard InChI is InChI=1S/C14H22O5.C14H24O4.C12H20O5.C10H16O4/c1-3-13(15)18-8-6-11(2)9-14(16)19-10-12-5-4-7-17-12;1-2-14(15)18-10-6-4-3-5-9-16-12-13-8-7-11-17-13;1-2-12(13)17-9-8-14-6-7-15-10-11-4-3-5-16-11;1-2-10(11)14-7-6-12-8-9-4-3-5-13-9/h3,11-12H,1,4-10H2,2H3;2,13H,1,3-12H2;2,11H,1,3-10H2;2,9H,1,3-8H2. The molecule has 0 spiro atoms. The molecule has 5 atom stereocenters. The van der Waals surface area contributed by atoms with Crippen molar-refractivity contribution in [2.24, 2.45) is 5.92 Å². The van der Waals surface area contributed by atoms with Crippen LogP contribution in [0.15, 0.2) is 50.6 Å². The van der Waals surface area contributed by atoms with E-state index in [0.29, 0.717) is 78.4 Å². The lowest BCUT2D eigenvalue weighted by Gasteiger charge is -2.13. The first-order chi connectivity index (χ1) is 33.1. The van der Waals surface area contributed by atoms with Gasteiger partial charge in [0.1, 0.15) is 19.8 Å². The molecule has 0 N–H and O–H groups in total. The molecule has 0 amide bonds. The summed E-state index contributed by atoms with van der Waals surface area (Å²) in [6.45, 7) is 24.7. The first-order valence-electron chi connectivity index (χ1n) is 24.2. The van der Waals surface area contributed by atoms with Crippen LogP contribution in [-0.2, 0) is 85.6 Å². The average molecular weight is 971 g/mol. The summed E-state index contributed by atoms with van der Waals surface area (Å²) in [5.41, 5.74) is 0. The molecule has 0 aromatic rings. The maximum atomic E-state index is 11.6. The Hall–Kier alpha value is -4.01. The van der Waals surface area contributed by atoms with Gasteiger partial charge in [-0.1, -0.05) is 39.7 Å². The number of carbonyl (C=O) groups excluding carboxylic acids is 5. The predicted molar refractivity (Wildman–Crippen MR) is 252 cm³/mol. The average Bonchev–Trinajstić information content (AvgIpc) is 4.22. The molecule has 0 aromatic carbocycles. The van der Waals surface area contributed by atoms with Crippen molar-refractivity contribution in [3.05, 3.63) is 50.6 Å². The highest BCUT2D eigenvalue weighted by atomic mass is 16.6. The minimum absolute atomic E-state index is 0.0628. The lowest BCUT2D eigenvalue weighted by Crippen LogP contribution is -2.19. The van der Waals surface area contributed by atoms with E-state index in [1.165, 1.54) is 6.08 Å². The Morgan fingerprint density at radius 2 is 0.794 bits per heavy atom. The van der Waals surface area contributed by atoms with Gasteiger partial charge in [0.05, 0.1) is 83.9 Å². The summed E-state index contributed by atoms with van der Waals surface area (Å²) in [7, 11) is 0. The Labute approximate surface area is 404 Å². The molecular weight excluding hydrogens is 889 g/mol. The van der Waals surface area contributed by atoms with Crippen LogP contribution in [0.5, 0.6) is 0 Å². The number of esters is 5. The van der Waals surface area contributed by atoms with Crippen molar-refractivity contribution in [2.75, 3.05) is 112 Å². The second kappa shape index (κ2) is 44.2. The SMILES string of the molecule is C=CC(=O)OCCC(C)CC(=O)OCC1CCCO1.C=CC(=O)OCCCCCCOCC1CCCO1.C=CC(=O)OCCOCC1CCCO1.C=CC(=O)OCCOCCOCC1CCCO1. The van der Waals surface area contributed by atoms with Crippen LogP contribution >= 0.6 is 0 Å². The largest absolute Gasteiger partial charge is 0.463 e. The second-order valence-corrected chi connectivity index (χ2v) is 16.1. The van der Waals surface area contributed by atoms with Crippen molar-refractivity contribution in [1.29, 1.82) is 0 Å². The van der Waals surface area contributed by atoms with Gasteiger partial charge in [-0.3, -0.25) is 4.79 Å². The highest BCUT2D eigenvalue weighted by molar-refractivity contribution is 5.82. The van der Waals surface area contributed by atoms with Crippen molar-refractivity contribution in [3.63, 3.8) is 0 Å². The van der Waals surface area contributed by atoms with E-state index in [9.17, 15) is 24.0 Å². The van der Waals surface area contributed by atoms with E-state index in [2.05, 4.69) is 26.3 Å². The van der Waals surface area contributed by atoms with Crippen LogP contribution in [-0.4, -0.2) is 167 Å². The third-order valence-electron chi connectivity index (χ3n) is 10.2. The molecule has 5 unspecified atom stereocenters. The zero-order chi connectivity index (χ0) is 49.7. The number of unbranched alkanes of at least 4 members (excludes halogenated alkanes) is 3. The summed E-state index contributed by atoms with van der Waals surface area (Å²) in [6, 6.07) is 0. The van der Waals surface area contributed by atoms with Crippen LogP contribution in [0.1, 0.15) is 96.8 Å². The highest BCUT2D eigenvalue weighted by Crippen LogP contribution is 2.15. The van der Waals surface area contributed by atoms with Gasteiger partial charge in [0.25, 0.3) is 0 Å². The summed E-state index contributed by atoms with van der Waals surface area (Å²) in [5.74, 6) is -1.72. The van der Waals surface area contributed by atoms with Crippen molar-refractivity contribution >= 4 is 29.8 Å². The lowest BCUT2D eigenvalue weighted by molar-refractivity contribution is -0.148. The molecule has 0 aromatic heterocycles. The van der Waals surface area contributed by atoms with Crippen LogP contribution in [0.25, 0.3) is 0 Å². The fraction of sp³-hybridized carbons (Fsp3) is 0.740. The second-order valence-electron chi connectivity index (χ2n) is 16.1. The molecule has 4 aliphatic heterocycles. The molecule has 18 heteroatoms. The van der Waals surface area contributed by atoms with Gasteiger partial charge < -0.3 is 61.6 Å². The summed E-state index contributed by atoms with van der Waals surface area (Å²) >= 11 is 0. The number of hydrogen-bond acceptors (Lipinski definition) is 18. The van der Waals surface area contributed by atoms with E-state index in [1.54, 1.807) is 0 Å². The van der Waals surface area contributed by atoms with Gasteiger partial charge >= 0.3 is 29.8 Å². The molecule has 68 heavy (non-hydrogen) atoms. The Morgan fingerprint density at radius 1 is 0.441 bits per heavy atom. The summed E-state index contributed by atoms with van der Waals surface area (Å²) in [5, 5.41) is 0. The van der Waals surface area contributed by atoms with E-state index < -0.39 is 17.9 Å². The lowest BCUT2D eigenvalue weighted by atomic mass is 10.1. The van der Waals surface area contributed by atoms with Crippen LogP contribution < -0.4 is 0 Å². The van der Waals surface area contributed by atoms with Gasteiger partial charge in [-0.25, -0.2) is 19.2 Å². The smallest absolute Gasteiger partial charge is 0.330 e. The fourth-order valence-electron chi connectivity index (χ4n) is 6.43. The Balaban J connectivity index is 0.000000456. The predicted octanol–water partition coefficient (Wildman–Crippen LogP) is 6.16. The maximum Gasteiger partial charge on any atom is 0.330 e. The number of hydrogen-bond donors (Lipinski definition) is 0. The number of rotatable bonds is 33. The van der Waals surface area contributed by atoms with Crippen molar-refractivity contribution in [1.82, 2.24) is 0 Å². The minimum atomic E-state index is -0.437. The highest BCUT2D eigenvalue weighted by Gasteiger charge is 2.19. The normalized spacial score (nSPS) is 19.5. The molecule has 4 rings (SSSR count). The Morgan fingerprint density at radius 3 is 1.22 bits per heavy atom. The maximum absolute atomic E-state index is 11.6. The van der Waals surface area contributed by atoms with Crippen LogP contribution in [0.4, 0.5) is 0 Å². The quantitative estimate of drug-likeness (QED) is 0.0312. The van der Waals surface area contributed by atoms with Crippen molar-refractivity contribution in [2.45, 2.75) is 121 Å². The van der Waals surface area contributed by atoms with Gasteiger partial charge in [0.15, 0.2) is 0 Å². The molecule has 0 bridgehead atoms. The zero-order valence-electron chi connectivity index (χ0n) is 40.8. The van der Waals surface area contributed by atoms with Crippen LogP contribution in [0.2, 0.25) is 0 Å². The van der Waals surface area contributed by atoms with E-state index in [4.69, 9.17) is 61.6 Å². The van der Waals surface area contributed by atoms with Gasteiger partial charge in [0, 0.05) is 63.8 Å². The molecule has 4 aliphatic rings. The van der Waals surface area contributed by atoms with Gasteiger partial charge in [-0.05, 0) is 83.0 Å². The minimum Gasteiger partial charge on any atom is -0.463 e. The molecule has 4 fully saturated rings. The molecule has 390 valence electrons. The van der Waals surface area contributed by atoms with Crippen molar-refractivity contribution in [3.8, 4) is 0 Å². The third kappa shape index (κ3) is 37.9. The first kappa shape index (κ1) is 62.0. The van der Waals surface area contributed by atoms with Gasteiger partial charge in [-0.15, -0.1) is 0 Å². The molecule has 0 aliphatic carbocycles. The monoisotopic (exact) mass is 971 g/mol. The molecule has 4 heterocycles. The fourth-order valence-corrected chi connectivity index (χ4v) is 6.43. The third-order valence-corrected chi connectivity index (χ3v) is 10.2. The topological polar surface area (TPSA) is 205 Å². The molecule has 0 saturated carbocycles. The van der Waals surface area contributed by atoms with Crippen molar-refractivity contribution < 1.29 is 85.6 Å². The summed E-state index contributed by atoms with van der Waals surface area (Å²) < 4.78 is 67.4. The number of carbonyl (C=O) groups is 5. The summed E-state index contributed by atoms with van der Waals surface area (Å²) in [4.78, 5) is 54.4. The Bertz CT molecular complexity index is 1350. The zero-order valence-corrected chi connectivity index (χ0v) is 40.8. The molecular formula is C50H82O18. The van der Waals surface area contributed by atoms with Crippen LogP contribution in [0.3, 0.4) is 0 Å². The van der Waals surface area contributed by atoms with E-state index in [0.717, 1.165) is 135 Å². The first-order valence-corrected chi connectivity index (χ1v) is 24.2. The van der Waals surface area contributed by atoms with E-state index in [-0.39, 0.29) is 49.4 Å².